The Bertz CT molecular complexity index is 509. The molecule has 2 aromatic heterocycles. The van der Waals surface area contributed by atoms with E-state index in [9.17, 15) is 5.11 Å². The molecule has 0 bridgehead atoms. The van der Waals surface area contributed by atoms with Crippen molar-refractivity contribution in [3.8, 4) is 11.4 Å². The molecule has 1 saturated heterocycles. The van der Waals surface area contributed by atoms with Crippen LogP contribution in [0.4, 0.5) is 5.82 Å². The Balaban J connectivity index is 1.75. The second-order valence-electron chi connectivity index (χ2n) is 5.00. The minimum absolute atomic E-state index is 0.254. The van der Waals surface area contributed by atoms with Gasteiger partial charge in [-0.2, -0.15) is 0 Å². The van der Waals surface area contributed by atoms with Crippen LogP contribution in [-0.4, -0.2) is 40.0 Å². The van der Waals surface area contributed by atoms with Crippen molar-refractivity contribution in [1.29, 1.82) is 0 Å². The van der Waals surface area contributed by atoms with Gasteiger partial charge < -0.3 is 15.0 Å². The van der Waals surface area contributed by atoms with Crippen LogP contribution >= 0.6 is 0 Å². The second-order valence-corrected chi connectivity index (χ2v) is 5.00. The number of aromatic amines is 1. The molecule has 5 nitrogen and oxygen atoms in total. The highest BCUT2D eigenvalue weighted by Gasteiger charge is 2.20. The molecule has 2 N–H and O–H groups in total. The highest BCUT2D eigenvalue weighted by molar-refractivity contribution is 5.55. The number of aliphatic hydroxyl groups excluding tert-OH is 1. The zero-order valence-corrected chi connectivity index (χ0v) is 10.8. The fourth-order valence-corrected chi connectivity index (χ4v) is 2.55. The van der Waals surface area contributed by atoms with E-state index in [1.165, 1.54) is 0 Å². The average molecular weight is 258 g/mol. The fraction of sp³-hybridized carbons (Fsp3) is 0.429. The number of nitrogens with one attached hydrogen (secondary N) is 1. The molecule has 1 fully saturated rings. The lowest BCUT2D eigenvalue weighted by molar-refractivity contribution is 0.208. The summed E-state index contributed by atoms with van der Waals surface area (Å²) in [6, 6.07) is 7.91. The Morgan fingerprint density at radius 2 is 2.26 bits per heavy atom. The predicted molar refractivity (Wildman–Crippen MR) is 73.8 cm³/mol. The minimum Gasteiger partial charge on any atom is -0.396 e. The molecule has 3 heterocycles. The van der Waals surface area contributed by atoms with Crippen molar-refractivity contribution < 1.29 is 5.11 Å². The summed E-state index contributed by atoms with van der Waals surface area (Å²) in [5, 5.41) is 17.8. The minimum atomic E-state index is 0.254. The number of nitrogens with zero attached hydrogens (tertiary/aromatic N) is 3. The van der Waals surface area contributed by atoms with Gasteiger partial charge in [-0.3, -0.25) is 0 Å². The van der Waals surface area contributed by atoms with Gasteiger partial charge in [0.15, 0.2) is 5.82 Å². The van der Waals surface area contributed by atoms with Crippen molar-refractivity contribution in [3.05, 3.63) is 30.5 Å². The maximum Gasteiger partial charge on any atom is 0.151 e. The maximum absolute atomic E-state index is 9.26. The molecule has 0 saturated carbocycles. The van der Waals surface area contributed by atoms with Gasteiger partial charge in [0.1, 0.15) is 5.69 Å². The van der Waals surface area contributed by atoms with Gasteiger partial charge in [-0.05, 0) is 43.0 Å². The summed E-state index contributed by atoms with van der Waals surface area (Å²) >= 11 is 0. The molecule has 2 aromatic rings. The van der Waals surface area contributed by atoms with E-state index in [1.54, 1.807) is 0 Å². The topological polar surface area (TPSA) is 65.0 Å². The standard InChI is InChI=1S/C14H18N4O/c19-10-11-3-2-8-18(9-11)14-6-5-13(16-17-14)12-4-1-7-15-12/h1,4-7,11,15,19H,2-3,8-10H2. The van der Waals surface area contributed by atoms with Crippen LogP contribution in [0, 0.1) is 5.92 Å². The zero-order valence-electron chi connectivity index (χ0n) is 10.8. The lowest BCUT2D eigenvalue weighted by Gasteiger charge is -2.32. The third-order valence-electron chi connectivity index (χ3n) is 3.63. The first-order valence-electron chi connectivity index (χ1n) is 6.70. The quantitative estimate of drug-likeness (QED) is 0.879. The van der Waals surface area contributed by atoms with Crippen LogP contribution in [-0.2, 0) is 0 Å². The summed E-state index contributed by atoms with van der Waals surface area (Å²) in [5.41, 5.74) is 1.83. The Morgan fingerprint density at radius 3 is 2.95 bits per heavy atom. The van der Waals surface area contributed by atoms with E-state index in [0.29, 0.717) is 5.92 Å². The van der Waals surface area contributed by atoms with E-state index in [2.05, 4.69) is 20.1 Å². The Labute approximate surface area is 112 Å². The summed E-state index contributed by atoms with van der Waals surface area (Å²) in [6.45, 7) is 2.12. The summed E-state index contributed by atoms with van der Waals surface area (Å²) in [4.78, 5) is 5.32. The largest absolute Gasteiger partial charge is 0.396 e. The van der Waals surface area contributed by atoms with E-state index in [0.717, 1.165) is 43.1 Å². The smallest absolute Gasteiger partial charge is 0.151 e. The van der Waals surface area contributed by atoms with E-state index < -0.39 is 0 Å². The molecule has 0 aromatic carbocycles. The van der Waals surface area contributed by atoms with E-state index in [1.807, 2.05) is 30.5 Å². The van der Waals surface area contributed by atoms with Gasteiger partial charge in [0.2, 0.25) is 0 Å². The summed E-state index contributed by atoms with van der Waals surface area (Å²) in [5.74, 6) is 1.26. The molecule has 3 rings (SSSR count). The fourth-order valence-electron chi connectivity index (χ4n) is 2.55. The third kappa shape index (κ3) is 2.61. The van der Waals surface area contributed by atoms with Crippen molar-refractivity contribution in [1.82, 2.24) is 15.2 Å². The van der Waals surface area contributed by atoms with Crippen molar-refractivity contribution in [2.24, 2.45) is 5.92 Å². The van der Waals surface area contributed by atoms with Gasteiger partial charge in [-0.15, -0.1) is 10.2 Å². The Kier molecular flexibility index (Phi) is 3.46. The van der Waals surface area contributed by atoms with Gasteiger partial charge >= 0.3 is 0 Å². The molecule has 0 amide bonds. The van der Waals surface area contributed by atoms with Crippen LogP contribution in [0.3, 0.4) is 0 Å². The van der Waals surface area contributed by atoms with Crippen LogP contribution in [0.15, 0.2) is 30.5 Å². The first-order valence-corrected chi connectivity index (χ1v) is 6.70. The summed E-state index contributed by atoms with van der Waals surface area (Å²) in [6.07, 6.45) is 4.08. The molecule has 0 spiro atoms. The number of hydrogen-bond acceptors (Lipinski definition) is 4. The maximum atomic E-state index is 9.26. The number of hydrogen-bond donors (Lipinski definition) is 2. The molecule has 0 radical (unpaired) electrons. The van der Waals surface area contributed by atoms with Gasteiger partial charge in [0.05, 0.1) is 5.69 Å². The van der Waals surface area contributed by atoms with Crippen LogP contribution in [0.1, 0.15) is 12.8 Å². The number of H-pyrrole nitrogens is 1. The van der Waals surface area contributed by atoms with E-state index >= 15 is 0 Å². The van der Waals surface area contributed by atoms with Crippen molar-refractivity contribution in [2.45, 2.75) is 12.8 Å². The predicted octanol–water partition coefficient (Wildman–Crippen LogP) is 1.68. The van der Waals surface area contributed by atoms with Crippen molar-refractivity contribution in [3.63, 3.8) is 0 Å². The number of aliphatic hydroxyl groups is 1. The Morgan fingerprint density at radius 1 is 1.32 bits per heavy atom. The molecule has 1 aliphatic rings. The van der Waals surface area contributed by atoms with Crippen LogP contribution in [0.5, 0.6) is 0 Å². The van der Waals surface area contributed by atoms with Gasteiger partial charge in [0.25, 0.3) is 0 Å². The molecular formula is C14H18N4O. The summed E-state index contributed by atoms with van der Waals surface area (Å²) in [7, 11) is 0. The normalized spacial score (nSPS) is 19.6. The van der Waals surface area contributed by atoms with Crippen molar-refractivity contribution in [2.75, 3.05) is 24.6 Å². The Hall–Kier alpha value is -1.88. The van der Waals surface area contributed by atoms with Gasteiger partial charge in [-0.25, -0.2) is 0 Å². The molecule has 1 aliphatic heterocycles. The highest BCUT2D eigenvalue weighted by Crippen LogP contribution is 2.22. The van der Waals surface area contributed by atoms with Crippen LogP contribution in [0.2, 0.25) is 0 Å². The SMILES string of the molecule is OCC1CCCN(c2ccc(-c3ccc[nH]3)nn2)C1. The monoisotopic (exact) mass is 258 g/mol. The number of aromatic nitrogens is 3. The van der Waals surface area contributed by atoms with Gasteiger partial charge in [-0.1, -0.05) is 0 Å². The lowest BCUT2D eigenvalue weighted by Crippen LogP contribution is -2.37. The summed E-state index contributed by atoms with van der Waals surface area (Å²) < 4.78 is 0. The number of rotatable bonds is 3. The van der Waals surface area contributed by atoms with Crippen LogP contribution < -0.4 is 4.90 Å². The number of anilines is 1. The first-order chi connectivity index (χ1) is 9.36. The molecule has 19 heavy (non-hydrogen) atoms. The highest BCUT2D eigenvalue weighted by atomic mass is 16.3. The van der Waals surface area contributed by atoms with E-state index in [4.69, 9.17) is 0 Å². The van der Waals surface area contributed by atoms with Crippen LogP contribution in [0.25, 0.3) is 11.4 Å². The molecule has 5 heteroatoms. The molecule has 0 aliphatic carbocycles. The second kappa shape index (κ2) is 5.40. The van der Waals surface area contributed by atoms with Gasteiger partial charge in [0, 0.05) is 25.9 Å². The molecular weight excluding hydrogens is 240 g/mol. The lowest BCUT2D eigenvalue weighted by atomic mass is 9.99. The van der Waals surface area contributed by atoms with E-state index in [-0.39, 0.29) is 6.61 Å². The zero-order chi connectivity index (χ0) is 13.1. The first kappa shape index (κ1) is 12.2. The molecule has 1 atom stereocenters. The third-order valence-corrected chi connectivity index (χ3v) is 3.63. The average Bonchev–Trinajstić information content (AvgIpc) is 3.02. The molecule has 1 unspecified atom stereocenters. The molecule has 100 valence electrons. The van der Waals surface area contributed by atoms with Crippen molar-refractivity contribution >= 4 is 5.82 Å². The number of piperidine rings is 1.